The van der Waals surface area contributed by atoms with Crippen molar-refractivity contribution in [3.63, 3.8) is 0 Å². The Kier molecular flexibility index (Phi) is 2.45. The third kappa shape index (κ3) is 1.97. The summed E-state index contributed by atoms with van der Waals surface area (Å²) in [6.45, 7) is 0. The maximum absolute atomic E-state index is 12.8. The molecule has 0 saturated heterocycles. The second kappa shape index (κ2) is 4.10. The molecule has 3 aromatic rings. The van der Waals surface area contributed by atoms with Gasteiger partial charge in [-0.25, -0.2) is 4.39 Å². The number of rotatable bonds is 2. The van der Waals surface area contributed by atoms with Crippen LogP contribution in [0.5, 0.6) is 0 Å². The molecule has 2 aromatic heterocycles. The molecular formula is C12H7FN2OS. The van der Waals surface area contributed by atoms with Gasteiger partial charge in [-0.15, -0.1) is 21.5 Å². The SMILES string of the molecule is Fc1ccc(-c2nnc(-c3cccs3)o2)cc1. The minimum atomic E-state index is -0.285. The van der Waals surface area contributed by atoms with E-state index in [1.54, 1.807) is 12.1 Å². The first-order valence-electron chi connectivity index (χ1n) is 4.96. The lowest BCUT2D eigenvalue weighted by Crippen LogP contribution is -1.78. The number of hydrogen-bond acceptors (Lipinski definition) is 4. The highest BCUT2D eigenvalue weighted by Gasteiger charge is 2.10. The fourth-order valence-electron chi connectivity index (χ4n) is 1.43. The van der Waals surface area contributed by atoms with Crippen LogP contribution in [0.25, 0.3) is 22.2 Å². The average molecular weight is 246 g/mol. The summed E-state index contributed by atoms with van der Waals surface area (Å²) < 4.78 is 18.3. The van der Waals surface area contributed by atoms with Crippen LogP contribution in [-0.2, 0) is 0 Å². The van der Waals surface area contributed by atoms with Crippen LogP contribution in [0, 0.1) is 5.82 Å². The molecule has 0 fully saturated rings. The van der Waals surface area contributed by atoms with Crippen molar-refractivity contribution in [2.45, 2.75) is 0 Å². The molecule has 3 rings (SSSR count). The van der Waals surface area contributed by atoms with Gasteiger partial charge in [0.15, 0.2) is 0 Å². The van der Waals surface area contributed by atoms with Crippen molar-refractivity contribution in [2.24, 2.45) is 0 Å². The van der Waals surface area contributed by atoms with Crippen LogP contribution in [0.2, 0.25) is 0 Å². The smallest absolute Gasteiger partial charge is 0.258 e. The zero-order chi connectivity index (χ0) is 11.7. The van der Waals surface area contributed by atoms with Gasteiger partial charge in [0, 0.05) is 5.56 Å². The summed E-state index contributed by atoms with van der Waals surface area (Å²) in [5, 5.41) is 9.84. The Morgan fingerprint density at radius 3 is 2.47 bits per heavy atom. The second-order valence-electron chi connectivity index (χ2n) is 3.40. The molecule has 0 aliphatic heterocycles. The zero-order valence-corrected chi connectivity index (χ0v) is 9.45. The first kappa shape index (κ1) is 10.2. The van der Waals surface area contributed by atoms with Crippen LogP contribution in [0.1, 0.15) is 0 Å². The number of nitrogens with zero attached hydrogens (tertiary/aromatic N) is 2. The summed E-state index contributed by atoms with van der Waals surface area (Å²) in [5.41, 5.74) is 0.710. The molecule has 17 heavy (non-hydrogen) atoms. The fourth-order valence-corrected chi connectivity index (χ4v) is 2.08. The molecule has 0 aliphatic rings. The first-order chi connectivity index (χ1) is 8.33. The molecule has 3 nitrogen and oxygen atoms in total. The van der Waals surface area contributed by atoms with Gasteiger partial charge >= 0.3 is 0 Å². The number of halogens is 1. The summed E-state index contributed by atoms with van der Waals surface area (Å²) in [5.74, 6) is 0.597. The van der Waals surface area contributed by atoms with Gasteiger partial charge in [-0.05, 0) is 35.7 Å². The summed E-state index contributed by atoms with van der Waals surface area (Å²) in [4.78, 5) is 0.922. The van der Waals surface area contributed by atoms with Crippen LogP contribution < -0.4 is 0 Å². The molecule has 0 spiro atoms. The van der Waals surface area contributed by atoms with Crippen molar-refractivity contribution in [1.29, 1.82) is 0 Å². The summed E-state index contributed by atoms with van der Waals surface area (Å²) in [7, 11) is 0. The number of thiophene rings is 1. The number of hydrogen-bond donors (Lipinski definition) is 0. The maximum Gasteiger partial charge on any atom is 0.258 e. The van der Waals surface area contributed by atoms with E-state index >= 15 is 0 Å². The molecule has 0 amide bonds. The predicted molar refractivity (Wildman–Crippen MR) is 63.0 cm³/mol. The van der Waals surface area contributed by atoms with Gasteiger partial charge in [-0.3, -0.25) is 0 Å². The molecule has 84 valence electrons. The molecular weight excluding hydrogens is 239 g/mol. The first-order valence-corrected chi connectivity index (χ1v) is 5.84. The Labute approximate surface area is 101 Å². The minimum absolute atomic E-state index is 0.285. The molecule has 0 aliphatic carbocycles. The molecule has 0 saturated carbocycles. The van der Waals surface area contributed by atoms with Crippen LogP contribution in [0.15, 0.2) is 46.2 Å². The van der Waals surface area contributed by atoms with Crippen LogP contribution >= 0.6 is 11.3 Å². The molecule has 0 bridgehead atoms. The van der Waals surface area contributed by atoms with Gasteiger partial charge in [-0.1, -0.05) is 6.07 Å². The summed E-state index contributed by atoms with van der Waals surface area (Å²) >= 11 is 1.53. The van der Waals surface area contributed by atoms with E-state index in [-0.39, 0.29) is 5.82 Å². The molecule has 2 heterocycles. The minimum Gasteiger partial charge on any atom is -0.415 e. The van der Waals surface area contributed by atoms with Crippen molar-refractivity contribution in [2.75, 3.05) is 0 Å². The summed E-state index contributed by atoms with van der Waals surface area (Å²) in [6.07, 6.45) is 0. The maximum atomic E-state index is 12.8. The van der Waals surface area contributed by atoms with E-state index in [2.05, 4.69) is 10.2 Å². The van der Waals surface area contributed by atoms with Crippen molar-refractivity contribution in [1.82, 2.24) is 10.2 Å². The fraction of sp³-hybridized carbons (Fsp3) is 0. The molecule has 0 unspecified atom stereocenters. The quantitative estimate of drug-likeness (QED) is 0.693. The zero-order valence-electron chi connectivity index (χ0n) is 8.63. The van der Waals surface area contributed by atoms with E-state index in [9.17, 15) is 4.39 Å². The second-order valence-corrected chi connectivity index (χ2v) is 4.34. The van der Waals surface area contributed by atoms with Gasteiger partial charge in [0.2, 0.25) is 5.89 Å². The molecule has 5 heteroatoms. The lowest BCUT2D eigenvalue weighted by Gasteiger charge is -1.93. The number of benzene rings is 1. The van der Waals surface area contributed by atoms with Crippen molar-refractivity contribution < 1.29 is 8.81 Å². The highest BCUT2D eigenvalue weighted by atomic mass is 32.1. The topological polar surface area (TPSA) is 38.9 Å². The van der Waals surface area contributed by atoms with E-state index in [1.807, 2.05) is 17.5 Å². The van der Waals surface area contributed by atoms with Crippen molar-refractivity contribution >= 4 is 11.3 Å². The molecule has 0 atom stereocenters. The molecule has 0 radical (unpaired) electrons. The molecule has 0 N–H and O–H groups in total. The highest BCUT2D eigenvalue weighted by molar-refractivity contribution is 7.13. The lowest BCUT2D eigenvalue weighted by atomic mass is 10.2. The third-order valence-electron chi connectivity index (χ3n) is 2.25. The van der Waals surface area contributed by atoms with Gasteiger partial charge in [0.05, 0.1) is 4.88 Å². The Balaban J connectivity index is 1.98. The van der Waals surface area contributed by atoms with Crippen LogP contribution in [-0.4, -0.2) is 10.2 Å². The van der Waals surface area contributed by atoms with Crippen LogP contribution in [0.4, 0.5) is 4.39 Å². The Bertz CT molecular complexity index is 616. The van der Waals surface area contributed by atoms with E-state index < -0.39 is 0 Å². The van der Waals surface area contributed by atoms with Gasteiger partial charge in [0.1, 0.15) is 5.82 Å². The van der Waals surface area contributed by atoms with Crippen LogP contribution in [0.3, 0.4) is 0 Å². The van der Waals surface area contributed by atoms with Gasteiger partial charge in [-0.2, -0.15) is 0 Å². The Morgan fingerprint density at radius 2 is 1.76 bits per heavy atom. The summed E-state index contributed by atoms with van der Waals surface area (Å²) in [6, 6.07) is 9.78. The normalized spacial score (nSPS) is 10.6. The van der Waals surface area contributed by atoms with Gasteiger partial charge in [0.25, 0.3) is 5.89 Å². The van der Waals surface area contributed by atoms with E-state index in [4.69, 9.17) is 4.42 Å². The third-order valence-corrected chi connectivity index (χ3v) is 3.11. The largest absolute Gasteiger partial charge is 0.415 e. The standard InChI is InChI=1S/C12H7FN2OS/c13-9-5-3-8(4-6-9)11-14-15-12(16-11)10-2-1-7-17-10/h1-7H. The van der Waals surface area contributed by atoms with E-state index in [0.717, 1.165) is 4.88 Å². The average Bonchev–Trinajstić information content (AvgIpc) is 3.00. The van der Waals surface area contributed by atoms with E-state index in [0.29, 0.717) is 17.3 Å². The van der Waals surface area contributed by atoms with Crippen molar-refractivity contribution in [3.8, 4) is 22.2 Å². The lowest BCUT2D eigenvalue weighted by molar-refractivity contribution is 0.585. The monoisotopic (exact) mass is 246 g/mol. The Morgan fingerprint density at radius 1 is 1.00 bits per heavy atom. The van der Waals surface area contributed by atoms with E-state index in [1.165, 1.54) is 23.5 Å². The van der Waals surface area contributed by atoms with Gasteiger partial charge < -0.3 is 4.42 Å². The highest BCUT2D eigenvalue weighted by Crippen LogP contribution is 2.26. The van der Waals surface area contributed by atoms with Crippen molar-refractivity contribution in [3.05, 3.63) is 47.6 Å². The predicted octanol–water partition coefficient (Wildman–Crippen LogP) is 3.60. The molecule has 1 aromatic carbocycles. The Hall–Kier alpha value is -2.01. The number of aromatic nitrogens is 2.